The fourth-order valence-electron chi connectivity index (χ4n) is 4.94. The second-order valence-corrected chi connectivity index (χ2v) is 10.4. The number of hydrogen-bond acceptors (Lipinski definition) is 9. The molecule has 39 heavy (non-hydrogen) atoms. The molecule has 0 saturated carbocycles. The van der Waals surface area contributed by atoms with Crippen molar-refractivity contribution in [3.8, 4) is 5.88 Å². The largest absolute Gasteiger partial charge is 0.508 e. The first-order valence-corrected chi connectivity index (χ1v) is 14.0. The van der Waals surface area contributed by atoms with Crippen LogP contribution in [-0.2, 0) is 31.8 Å². The van der Waals surface area contributed by atoms with Crippen molar-refractivity contribution in [3.05, 3.63) is 46.6 Å². The number of unbranched alkanes of at least 4 members (excludes halogenated alkanes) is 1. The van der Waals surface area contributed by atoms with Gasteiger partial charge in [-0.3, -0.25) is 4.68 Å². The monoisotopic (exact) mass is 546 g/mol. The first kappa shape index (κ1) is 29.3. The summed E-state index contributed by atoms with van der Waals surface area (Å²) in [4.78, 5) is 11.9. The van der Waals surface area contributed by atoms with Crippen molar-refractivity contribution < 1.29 is 38.7 Å². The molecular weight excluding hydrogens is 504 g/mol. The molecule has 1 unspecified atom stereocenters. The maximum absolute atomic E-state index is 11.9. The Labute approximate surface area is 230 Å². The van der Waals surface area contributed by atoms with Crippen LogP contribution in [0.1, 0.15) is 68.5 Å². The van der Waals surface area contributed by atoms with Gasteiger partial charge >= 0.3 is 6.16 Å². The van der Waals surface area contributed by atoms with Crippen LogP contribution in [-0.4, -0.2) is 77.2 Å². The minimum atomic E-state index is -1.25. The molecule has 0 spiro atoms. The average Bonchev–Trinajstić information content (AvgIpc) is 3.57. The summed E-state index contributed by atoms with van der Waals surface area (Å²) in [6.45, 7) is 9.13. The van der Waals surface area contributed by atoms with E-state index in [0.29, 0.717) is 25.5 Å². The minimum Gasteiger partial charge on any atom is -0.446 e. The molecule has 2 N–H and O–H groups in total. The Hall–Kier alpha value is -2.66. The van der Waals surface area contributed by atoms with E-state index < -0.39 is 36.7 Å². The van der Waals surface area contributed by atoms with Crippen LogP contribution in [0.5, 0.6) is 5.88 Å². The molecule has 2 saturated heterocycles. The quantitative estimate of drug-likeness (QED) is 0.321. The third-order valence-corrected chi connectivity index (χ3v) is 7.62. The molecule has 6 atom stereocenters. The van der Waals surface area contributed by atoms with Crippen LogP contribution in [0.3, 0.4) is 0 Å². The Morgan fingerprint density at radius 3 is 2.54 bits per heavy atom. The summed E-state index contributed by atoms with van der Waals surface area (Å²) in [5.74, 6) is -0.150. The minimum absolute atomic E-state index is 0.112. The van der Waals surface area contributed by atoms with Crippen LogP contribution in [0.15, 0.2) is 24.3 Å². The highest BCUT2D eigenvalue weighted by atomic mass is 16.7. The smallest absolute Gasteiger partial charge is 0.446 e. The van der Waals surface area contributed by atoms with Crippen LogP contribution in [0.25, 0.3) is 0 Å². The molecule has 1 aromatic heterocycles. The van der Waals surface area contributed by atoms with E-state index in [2.05, 4.69) is 31.2 Å². The molecule has 4 rings (SSSR count). The van der Waals surface area contributed by atoms with Crippen molar-refractivity contribution in [2.24, 2.45) is 5.92 Å². The molecule has 10 nitrogen and oxygen atoms in total. The van der Waals surface area contributed by atoms with Crippen LogP contribution in [0.2, 0.25) is 0 Å². The number of aliphatic hydroxyl groups excluding tert-OH is 2. The lowest BCUT2D eigenvalue weighted by molar-refractivity contribution is -0.258. The first-order valence-electron chi connectivity index (χ1n) is 14.0. The van der Waals surface area contributed by atoms with Crippen LogP contribution >= 0.6 is 0 Å². The van der Waals surface area contributed by atoms with E-state index in [1.807, 2.05) is 18.5 Å². The predicted octanol–water partition coefficient (Wildman–Crippen LogP) is 3.72. The number of nitrogens with zero attached hydrogens (tertiary/aromatic N) is 2. The fraction of sp³-hybridized carbons (Fsp3) is 0.655. The summed E-state index contributed by atoms with van der Waals surface area (Å²) in [7, 11) is 0. The van der Waals surface area contributed by atoms with Crippen molar-refractivity contribution in [2.75, 3.05) is 26.4 Å². The summed E-state index contributed by atoms with van der Waals surface area (Å²) < 4.78 is 30.1. The summed E-state index contributed by atoms with van der Waals surface area (Å²) in [5.41, 5.74) is 4.31. The summed E-state index contributed by atoms with van der Waals surface area (Å²) in [6, 6.07) is 8.60. The van der Waals surface area contributed by atoms with E-state index in [1.54, 1.807) is 6.92 Å². The number of carbonyl (C=O) groups is 1. The number of aryl methyl sites for hydroxylation is 1. The van der Waals surface area contributed by atoms with Gasteiger partial charge < -0.3 is 33.9 Å². The number of aromatic nitrogens is 2. The van der Waals surface area contributed by atoms with E-state index in [0.717, 1.165) is 42.5 Å². The molecule has 0 aliphatic carbocycles. The Kier molecular flexibility index (Phi) is 10.2. The lowest BCUT2D eigenvalue weighted by Crippen LogP contribution is -2.56. The van der Waals surface area contributed by atoms with E-state index in [4.69, 9.17) is 28.8 Å². The Balaban J connectivity index is 1.52. The number of aliphatic hydroxyl groups is 2. The normalized spacial score (nSPS) is 26.9. The van der Waals surface area contributed by atoms with Gasteiger partial charge in [0.1, 0.15) is 18.8 Å². The molecule has 0 amide bonds. The maximum Gasteiger partial charge on any atom is 0.508 e. The number of rotatable bonds is 11. The van der Waals surface area contributed by atoms with Crippen LogP contribution in [0, 0.1) is 12.8 Å². The zero-order chi connectivity index (χ0) is 27.9. The van der Waals surface area contributed by atoms with Gasteiger partial charge in [0.2, 0.25) is 12.2 Å². The van der Waals surface area contributed by atoms with Gasteiger partial charge in [0.15, 0.2) is 0 Å². The molecule has 2 aliphatic rings. The molecule has 0 bridgehead atoms. The van der Waals surface area contributed by atoms with Gasteiger partial charge in [-0.2, -0.15) is 0 Å². The molecule has 3 heterocycles. The van der Waals surface area contributed by atoms with Gasteiger partial charge in [0.25, 0.3) is 0 Å². The molecule has 216 valence electrons. The first-order chi connectivity index (χ1) is 18.8. The van der Waals surface area contributed by atoms with Crippen molar-refractivity contribution in [1.29, 1.82) is 0 Å². The highest BCUT2D eigenvalue weighted by molar-refractivity contribution is 5.59. The average molecular weight is 547 g/mol. The summed E-state index contributed by atoms with van der Waals surface area (Å²) in [5, 5.41) is 26.2. The lowest BCUT2D eigenvalue weighted by Gasteiger charge is -2.40. The predicted molar refractivity (Wildman–Crippen MR) is 143 cm³/mol. The zero-order valence-corrected chi connectivity index (χ0v) is 23.4. The van der Waals surface area contributed by atoms with Gasteiger partial charge in [0, 0.05) is 30.2 Å². The zero-order valence-electron chi connectivity index (χ0n) is 23.4. The van der Waals surface area contributed by atoms with Crippen LogP contribution < -0.4 is 4.74 Å². The van der Waals surface area contributed by atoms with E-state index in [9.17, 15) is 15.0 Å². The third-order valence-electron chi connectivity index (χ3n) is 7.62. The van der Waals surface area contributed by atoms with Crippen LogP contribution in [0.4, 0.5) is 4.79 Å². The van der Waals surface area contributed by atoms with Gasteiger partial charge in [-0.1, -0.05) is 51.5 Å². The Morgan fingerprint density at radius 2 is 1.87 bits per heavy atom. The van der Waals surface area contributed by atoms with E-state index in [-0.39, 0.29) is 19.3 Å². The van der Waals surface area contributed by atoms with E-state index >= 15 is 0 Å². The molecule has 2 aromatic rings. The second kappa shape index (κ2) is 13.6. The van der Waals surface area contributed by atoms with Gasteiger partial charge in [-0.05, 0) is 37.3 Å². The molecule has 1 aromatic carbocycles. The molecule has 10 heteroatoms. The van der Waals surface area contributed by atoms with E-state index in [1.165, 1.54) is 5.56 Å². The van der Waals surface area contributed by atoms with Gasteiger partial charge in [-0.25, -0.2) is 4.79 Å². The molecular formula is C29H42N2O8. The number of ether oxygens (including phenoxy) is 5. The van der Waals surface area contributed by atoms with Gasteiger partial charge in [-0.15, -0.1) is 5.10 Å². The highest BCUT2D eigenvalue weighted by Gasteiger charge is 2.44. The SMILES string of the molecule is CCCCOC(=O)OC[C@H]1O[C@@H](Oc2nn(C3CCOC3)c(C)c2Cc2ccc(CC)cc2)[C@H](C)[C@@H](O)[C@@H]1O. The number of hydrogen-bond donors (Lipinski definition) is 2. The van der Waals surface area contributed by atoms with Crippen molar-refractivity contribution in [2.45, 2.75) is 90.4 Å². The fourth-order valence-corrected chi connectivity index (χ4v) is 4.94. The topological polar surface area (TPSA) is 122 Å². The maximum atomic E-state index is 11.9. The highest BCUT2D eigenvalue weighted by Crippen LogP contribution is 2.34. The summed E-state index contributed by atoms with van der Waals surface area (Å²) in [6.07, 6.45) is -1.09. The Morgan fingerprint density at radius 1 is 1.13 bits per heavy atom. The van der Waals surface area contributed by atoms with Crippen molar-refractivity contribution in [1.82, 2.24) is 9.78 Å². The number of carbonyl (C=O) groups excluding carboxylic acids is 1. The molecule has 0 radical (unpaired) electrons. The second-order valence-electron chi connectivity index (χ2n) is 10.4. The standard InChI is InChI=1S/C29H42N2O8/c1-5-7-13-36-29(34)37-17-24-26(33)25(32)18(3)28(38-24)39-27-23(15-21-10-8-20(6-2)9-11-21)19(4)31(30-27)22-12-14-35-16-22/h8-11,18,22,24-26,28,32-33H,5-7,12-17H2,1-4H3/t18-,22?,24-,25-,26-,28+/m1/s1. The summed E-state index contributed by atoms with van der Waals surface area (Å²) >= 11 is 0. The molecule has 2 aliphatic heterocycles. The van der Waals surface area contributed by atoms with Crippen molar-refractivity contribution in [3.63, 3.8) is 0 Å². The molecule has 2 fully saturated rings. The van der Waals surface area contributed by atoms with Gasteiger partial charge in [0.05, 0.1) is 25.4 Å². The number of benzene rings is 1. The van der Waals surface area contributed by atoms with Crippen molar-refractivity contribution >= 4 is 6.16 Å². The lowest BCUT2D eigenvalue weighted by atomic mass is 9.92. The Bertz CT molecular complexity index is 1070. The third kappa shape index (κ3) is 7.11.